The smallest absolute Gasteiger partial charge is 0.269 e. The fourth-order valence-electron chi connectivity index (χ4n) is 2.15. The van der Waals surface area contributed by atoms with E-state index in [4.69, 9.17) is 11.0 Å². The Kier molecular flexibility index (Phi) is 3.72. The second-order valence-electron chi connectivity index (χ2n) is 4.37. The highest BCUT2D eigenvalue weighted by Crippen LogP contribution is 2.40. The Balaban J connectivity index is 2.63. The quantitative estimate of drug-likeness (QED) is 0.688. The number of thiophene rings is 1. The van der Waals surface area contributed by atoms with Gasteiger partial charge >= 0.3 is 0 Å². The van der Waals surface area contributed by atoms with Crippen molar-refractivity contribution in [3.05, 3.63) is 44.3 Å². The van der Waals surface area contributed by atoms with Gasteiger partial charge in [-0.3, -0.25) is 10.1 Å². The van der Waals surface area contributed by atoms with E-state index in [1.807, 2.05) is 13.8 Å². The van der Waals surface area contributed by atoms with E-state index in [-0.39, 0.29) is 5.69 Å². The maximum atomic E-state index is 10.8. The molecule has 0 spiro atoms. The van der Waals surface area contributed by atoms with Gasteiger partial charge in [-0.05, 0) is 36.1 Å². The van der Waals surface area contributed by atoms with Crippen LogP contribution in [0.3, 0.4) is 0 Å². The first-order valence-electron chi connectivity index (χ1n) is 6.06. The number of nitro groups is 1. The number of hydrogen-bond donors (Lipinski definition) is 1. The van der Waals surface area contributed by atoms with Crippen LogP contribution >= 0.6 is 11.3 Å². The lowest BCUT2D eigenvalue weighted by Crippen LogP contribution is -1.93. The van der Waals surface area contributed by atoms with Gasteiger partial charge in [-0.25, -0.2) is 0 Å². The molecular weight excluding hydrogens is 274 g/mol. The molecule has 102 valence electrons. The Morgan fingerprint density at radius 2 is 2.20 bits per heavy atom. The molecule has 0 bridgehead atoms. The van der Waals surface area contributed by atoms with Gasteiger partial charge in [0.2, 0.25) is 0 Å². The van der Waals surface area contributed by atoms with E-state index >= 15 is 0 Å². The van der Waals surface area contributed by atoms with Crippen molar-refractivity contribution in [1.29, 1.82) is 5.26 Å². The minimum absolute atomic E-state index is 0.0642. The summed E-state index contributed by atoms with van der Waals surface area (Å²) in [6, 6.07) is 6.83. The van der Waals surface area contributed by atoms with Crippen molar-refractivity contribution >= 4 is 22.7 Å². The summed E-state index contributed by atoms with van der Waals surface area (Å²) in [5.74, 6) is 0. The Morgan fingerprint density at radius 3 is 2.70 bits per heavy atom. The van der Waals surface area contributed by atoms with Crippen LogP contribution < -0.4 is 5.73 Å². The molecule has 0 amide bonds. The molecular formula is C14H13N3O2S. The maximum Gasteiger partial charge on any atom is 0.269 e. The van der Waals surface area contributed by atoms with Crippen molar-refractivity contribution in [3.63, 3.8) is 0 Å². The molecule has 6 heteroatoms. The van der Waals surface area contributed by atoms with Gasteiger partial charge in [0.25, 0.3) is 5.69 Å². The number of nitriles is 1. The van der Waals surface area contributed by atoms with Crippen LogP contribution in [0.25, 0.3) is 10.4 Å². The van der Waals surface area contributed by atoms with Crippen LogP contribution in [0.1, 0.15) is 22.9 Å². The Hall–Kier alpha value is -2.39. The normalized spacial score (nSPS) is 10.2. The molecule has 0 aliphatic carbocycles. The predicted molar refractivity (Wildman–Crippen MR) is 79.7 cm³/mol. The third-order valence-corrected chi connectivity index (χ3v) is 4.35. The number of nitrogen functional groups attached to an aromatic ring is 1. The lowest BCUT2D eigenvalue weighted by molar-refractivity contribution is -0.384. The molecule has 0 radical (unpaired) electrons. The standard InChI is InChI=1S/C14H13N3O2S/c1-3-10-13(16)12(7-15)20-14(10)11-5-4-9(17(18)19)6-8(11)2/h4-6H,3,16H2,1-2H3. The summed E-state index contributed by atoms with van der Waals surface area (Å²) in [5, 5.41) is 19.8. The van der Waals surface area contributed by atoms with E-state index in [0.29, 0.717) is 10.6 Å². The predicted octanol–water partition coefficient (Wildman–Crippen LogP) is 3.65. The van der Waals surface area contributed by atoms with Crippen LogP contribution in [0.5, 0.6) is 0 Å². The molecule has 2 rings (SSSR count). The molecule has 2 aromatic rings. The molecule has 0 unspecified atom stereocenters. The fourth-order valence-corrected chi connectivity index (χ4v) is 3.35. The average molecular weight is 287 g/mol. The monoisotopic (exact) mass is 287 g/mol. The van der Waals surface area contributed by atoms with E-state index in [2.05, 4.69) is 6.07 Å². The fraction of sp³-hybridized carbons (Fsp3) is 0.214. The van der Waals surface area contributed by atoms with Gasteiger partial charge in [0, 0.05) is 17.0 Å². The van der Waals surface area contributed by atoms with Crippen molar-refractivity contribution in [2.45, 2.75) is 20.3 Å². The van der Waals surface area contributed by atoms with Gasteiger partial charge < -0.3 is 5.73 Å². The Morgan fingerprint density at radius 1 is 1.50 bits per heavy atom. The summed E-state index contributed by atoms with van der Waals surface area (Å²) >= 11 is 1.34. The molecule has 0 aliphatic heterocycles. The minimum Gasteiger partial charge on any atom is -0.397 e. The number of benzene rings is 1. The zero-order chi connectivity index (χ0) is 14.9. The number of hydrogen-bond acceptors (Lipinski definition) is 5. The maximum absolute atomic E-state index is 10.8. The van der Waals surface area contributed by atoms with Gasteiger partial charge in [-0.1, -0.05) is 6.92 Å². The van der Waals surface area contributed by atoms with Gasteiger partial charge in [0.15, 0.2) is 0 Å². The summed E-state index contributed by atoms with van der Waals surface area (Å²) in [6.07, 6.45) is 0.718. The zero-order valence-electron chi connectivity index (χ0n) is 11.1. The summed E-state index contributed by atoms with van der Waals surface area (Å²) < 4.78 is 0. The van der Waals surface area contributed by atoms with Gasteiger partial charge in [-0.15, -0.1) is 11.3 Å². The van der Waals surface area contributed by atoms with E-state index in [9.17, 15) is 10.1 Å². The summed E-state index contributed by atoms with van der Waals surface area (Å²) in [6.45, 7) is 3.80. The van der Waals surface area contributed by atoms with Crippen LogP contribution in [0, 0.1) is 28.4 Å². The molecule has 1 heterocycles. The summed E-state index contributed by atoms with van der Waals surface area (Å²) in [4.78, 5) is 11.8. The van der Waals surface area contributed by atoms with Crippen molar-refractivity contribution in [1.82, 2.24) is 0 Å². The molecule has 5 nitrogen and oxygen atoms in total. The molecule has 0 saturated heterocycles. The average Bonchev–Trinajstić information content (AvgIpc) is 2.74. The van der Waals surface area contributed by atoms with Crippen molar-refractivity contribution in [3.8, 4) is 16.5 Å². The molecule has 1 aromatic heterocycles. The van der Waals surface area contributed by atoms with Crippen molar-refractivity contribution < 1.29 is 4.92 Å². The van der Waals surface area contributed by atoms with Crippen LogP contribution in [0.2, 0.25) is 0 Å². The minimum atomic E-state index is -0.416. The second-order valence-corrected chi connectivity index (χ2v) is 5.39. The molecule has 20 heavy (non-hydrogen) atoms. The lowest BCUT2D eigenvalue weighted by Gasteiger charge is -2.06. The van der Waals surface area contributed by atoms with Gasteiger partial charge in [0.1, 0.15) is 10.9 Å². The third-order valence-electron chi connectivity index (χ3n) is 3.17. The molecule has 0 atom stereocenters. The van der Waals surface area contributed by atoms with Gasteiger partial charge in [0.05, 0.1) is 10.6 Å². The first-order valence-corrected chi connectivity index (χ1v) is 6.87. The van der Waals surface area contributed by atoms with E-state index in [1.54, 1.807) is 6.07 Å². The van der Waals surface area contributed by atoms with E-state index in [1.165, 1.54) is 23.5 Å². The summed E-state index contributed by atoms with van der Waals surface area (Å²) in [5.41, 5.74) is 9.19. The number of non-ortho nitro benzene ring substituents is 1. The third kappa shape index (κ3) is 2.24. The lowest BCUT2D eigenvalue weighted by atomic mass is 10.0. The number of nitrogens with two attached hydrogens (primary N) is 1. The van der Waals surface area contributed by atoms with Crippen LogP contribution in [0.15, 0.2) is 18.2 Å². The molecule has 0 saturated carbocycles. The number of nitro benzene ring substituents is 1. The Labute approximate surface area is 120 Å². The number of rotatable bonds is 3. The number of anilines is 1. The van der Waals surface area contributed by atoms with Crippen LogP contribution in [-0.4, -0.2) is 4.92 Å². The van der Waals surface area contributed by atoms with Crippen LogP contribution in [0.4, 0.5) is 11.4 Å². The highest BCUT2D eigenvalue weighted by atomic mass is 32.1. The molecule has 0 fully saturated rings. The topological polar surface area (TPSA) is 93.0 Å². The largest absolute Gasteiger partial charge is 0.397 e. The van der Waals surface area contributed by atoms with Gasteiger partial charge in [-0.2, -0.15) is 5.26 Å². The first kappa shape index (κ1) is 14.0. The van der Waals surface area contributed by atoms with Crippen molar-refractivity contribution in [2.24, 2.45) is 0 Å². The second kappa shape index (κ2) is 5.31. The SMILES string of the molecule is CCc1c(-c2ccc([N+](=O)[O-])cc2C)sc(C#N)c1N. The number of aryl methyl sites for hydroxylation is 1. The zero-order valence-corrected chi connectivity index (χ0v) is 12.0. The van der Waals surface area contributed by atoms with Crippen molar-refractivity contribution in [2.75, 3.05) is 5.73 Å². The van der Waals surface area contributed by atoms with E-state index in [0.717, 1.165) is 28.0 Å². The van der Waals surface area contributed by atoms with E-state index < -0.39 is 4.92 Å². The molecule has 1 aromatic carbocycles. The molecule has 2 N–H and O–H groups in total. The molecule has 0 aliphatic rings. The summed E-state index contributed by atoms with van der Waals surface area (Å²) in [7, 11) is 0. The Bertz CT molecular complexity index is 729. The van der Waals surface area contributed by atoms with Crippen LogP contribution in [-0.2, 0) is 6.42 Å². The number of nitrogens with zero attached hydrogens (tertiary/aromatic N) is 2. The highest BCUT2D eigenvalue weighted by Gasteiger charge is 2.18. The first-order chi connectivity index (χ1) is 9.49. The highest BCUT2D eigenvalue weighted by molar-refractivity contribution is 7.16.